The zero-order chi connectivity index (χ0) is 25.9. The van der Waals surface area contributed by atoms with E-state index in [-0.39, 0.29) is 6.04 Å². The number of nitrogens with zero attached hydrogens (tertiary/aromatic N) is 2. The first kappa shape index (κ1) is 21.0. The van der Waals surface area contributed by atoms with Crippen molar-refractivity contribution in [3.8, 4) is 0 Å². The lowest BCUT2D eigenvalue weighted by Crippen LogP contribution is -2.43. The Balaban J connectivity index is 1.29. The van der Waals surface area contributed by atoms with E-state index in [1.165, 1.54) is 54.1 Å². The van der Waals surface area contributed by atoms with E-state index in [1.807, 2.05) is 23.5 Å². The fourth-order valence-corrected chi connectivity index (χ4v) is 8.24. The van der Waals surface area contributed by atoms with Gasteiger partial charge in [0.25, 0.3) is 0 Å². The molecule has 2 aromatic heterocycles. The van der Waals surface area contributed by atoms with Gasteiger partial charge in [0, 0.05) is 60.8 Å². The van der Waals surface area contributed by atoms with Gasteiger partial charge in [0.2, 0.25) is 17.1 Å². The number of furan rings is 1. The van der Waals surface area contributed by atoms with Gasteiger partial charge in [0.1, 0.15) is 22.9 Å². The quantitative estimate of drug-likeness (QED) is 0.197. The number of thiophene rings is 1. The molecule has 0 amide bonds. The molecule has 4 heterocycles. The number of fused-ring (bicyclic) bond motifs is 12. The van der Waals surface area contributed by atoms with Crippen LogP contribution in [-0.2, 0) is 0 Å². The monoisotopic (exact) mass is 529 g/mol. The van der Waals surface area contributed by atoms with E-state index in [4.69, 9.17) is 4.42 Å². The maximum absolute atomic E-state index is 6.17. The molecule has 0 radical (unpaired) electrons. The summed E-state index contributed by atoms with van der Waals surface area (Å²) >= 11 is 1.89. The highest BCUT2D eigenvalue weighted by Gasteiger charge is 2.49. The summed E-state index contributed by atoms with van der Waals surface area (Å²) in [5.41, 5.74) is 10.7. The van der Waals surface area contributed by atoms with Crippen molar-refractivity contribution in [1.82, 2.24) is 4.58 Å². The number of rotatable bonds is 1. The van der Waals surface area contributed by atoms with Crippen LogP contribution in [-0.4, -0.2) is 11.8 Å². The summed E-state index contributed by atoms with van der Waals surface area (Å²) in [6.45, 7) is 0. The van der Waals surface area contributed by atoms with Gasteiger partial charge in [-0.1, -0.05) is 60.7 Å². The molecule has 1 aliphatic carbocycles. The molecule has 0 saturated carbocycles. The minimum Gasteiger partial charge on any atom is -0.456 e. The van der Waals surface area contributed by atoms with Crippen LogP contribution >= 0.6 is 11.3 Å². The van der Waals surface area contributed by atoms with Crippen LogP contribution < -0.4 is 9.48 Å². The summed E-state index contributed by atoms with van der Waals surface area (Å²) in [5, 5.41) is 5.02. The molecular weight excluding hydrogens is 508 g/mol. The Kier molecular flexibility index (Phi) is 3.87. The maximum atomic E-state index is 6.17. The summed E-state index contributed by atoms with van der Waals surface area (Å²) < 4.78 is 11.3. The van der Waals surface area contributed by atoms with Gasteiger partial charge in [-0.15, -0.1) is 11.3 Å². The van der Waals surface area contributed by atoms with Crippen LogP contribution in [0.3, 0.4) is 0 Å². The third-order valence-corrected chi connectivity index (χ3v) is 9.84. The number of hydrogen-bond acceptors (Lipinski definition) is 3. The van der Waals surface area contributed by atoms with E-state index in [1.54, 1.807) is 0 Å². The van der Waals surface area contributed by atoms with Crippen LogP contribution in [0.15, 0.2) is 126 Å². The van der Waals surface area contributed by atoms with E-state index in [9.17, 15) is 0 Å². The van der Waals surface area contributed by atoms with Gasteiger partial charge in [0.05, 0.1) is 5.69 Å². The van der Waals surface area contributed by atoms with Crippen LogP contribution in [0.1, 0.15) is 5.56 Å². The zero-order valence-electron chi connectivity index (χ0n) is 21.3. The molecule has 40 heavy (non-hydrogen) atoms. The molecule has 0 fully saturated rings. The predicted molar refractivity (Wildman–Crippen MR) is 169 cm³/mol. The van der Waals surface area contributed by atoms with Crippen molar-refractivity contribution in [3.63, 3.8) is 0 Å². The minimum absolute atomic E-state index is 0.107. The molecule has 0 bridgehead atoms. The first-order valence-electron chi connectivity index (χ1n) is 13.6. The van der Waals surface area contributed by atoms with Gasteiger partial charge < -0.3 is 9.32 Å². The smallest absolute Gasteiger partial charge is 0.235 e. The van der Waals surface area contributed by atoms with Crippen molar-refractivity contribution in [2.75, 3.05) is 4.90 Å². The highest BCUT2D eigenvalue weighted by molar-refractivity contribution is 7.25. The minimum atomic E-state index is 0.107. The van der Waals surface area contributed by atoms with Crippen molar-refractivity contribution in [2.24, 2.45) is 0 Å². The van der Waals surface area contributed by atoms with Crippen molar-refractivity contribution in [1.29, 1.82) is 0 Å². The average molecular weight is 530 g/mol. The van der Waals surface area contributed by atoms with Crippen LogP contribution in [0.5, 0.6) is 0 Å². The number of para-hydroxylation sites is 3. The third-order valence-electron chi connectivity index (χ3n) is 8.70. The molecule has 1 atom stereocenters. The molecule has 10 rings (SSSR count). The number of benzene rings is 5. The third kappa shape index (κ3) is 2.52. The van der Waals surface area contributed by atoms with Crippen molar-refractivity contribution in [2.45, 2.75) is 6.04 Å². The molecule has 186 valence electrons. The Hall–Kier alpha value is -4.93. The second-order valence-electron chi connectivity index (χ2n) is 10.7. The first-order valence-corrected chi connectivity index (χ1v) is 14.5. The number of allylic oxidation sites excluding steroid dienone is 2. The van der Waals surface area contributed by atoms with Crippen LogP contribution in [0, 0.1) is 0 Å². The molecule has 3 nitrogen and oxygen atoms in total. The Morgan fingerprint density at radius 2 is 1.52 bits per heavy atom. The number of anilines is 2. The molecule has 2 aliphatic heterocycles. The summed E-state index contributed by atoms with van der Waals surface area (Å²) in [7, 11) is 0. The fourth-order valence-electron chi connectivity index (χ4n) is 7.12. The van der Waals surface area contributed by atoms with Crippen molar-refractivity contribution >= 4 is 87.5 Å². The van der Waals surface area contributed by atoms with E-state index >= 15 is 0 Å². The van der Waals surface area contributed by atoms with Crippen molar-refractivity contribution < 1.29 is 4.42 Å². The molecule has 3 aliphatic rings. The summed E-state index contributed by atoms with van der Waals surface area (Å²) in [4.78, 5) is 2.56. The lowest BCUT2D eigenvalue weighted by atomic mass is 9.90. The van der Waals surface area contributed by atoms with Gasteiger partial charge >= 0.3 is 0 Å². The molecule has 7 aromatic rings. The number of hydrogen-bond donors (Lipinski definition) is 0. The predicted octanol–water partition coefficient (Wildman–Crippen LogP) is 9.72. The highest BCUT2D eigenvalue weighted by Crippen LogP contribution is 2.55. The molecular formula is C36H21N2OS+. The Morgan fingerprint density at radius 1 is 0.700 bits per heavy atom. The molecule has 0 N–H and O–H groups in total. The Morgan fingerprint density at radius 3 is 2.50 bits per heavy atom. The van der Waals surface area contributed by atoms with Crippen LogP contribution in [0.25, 0.3) is 47.7 Å². The summed E-state index contributed by atoms with van der Waals surface area (Å²) in [6, 6.07) is 37.3. The molecule has 5 aromatic carbocycles. The highest BCUT2D eigenvalue weighted by atomic mass is 32.1. The average Bonchev–Trinajstić information content (AvgIpc) is 3.67. The molecule has 4 heteroatoms. The summed E-state index contributed by atoms with van der Waals surface area (Å²) in [6.07, 6.45) is 6.86. The van der Waals surface area contributed by atoms with Crippen molar-refractivity contribution in [3.05, 3.63) is 127 Å². The van der Waals surface area contributed by atoms with E-state index in [0.29, 0.717) is 0 Å². The fraction of sp³-hybridized carbons (Fsp3) is 0.0278. The van der Waals surface area contributed by atoms with Crippen LogP contribution in [0.4, 0.5) is 22.7 Å². The van der Waals surface area contributed by atoms with E-state index < -0.39 is 0 Å². The van der Waals surface area contributed by atoms with E-state index in [2.05, 4.69) is 119 Å². The Bertz CT molecular complexity index is 2350. The van der Waals surface area contributed by atoms with Gasteiger partial charge in [0.15, 0.2) is 0 Å². The lowest BCUT2D eigenvalue weighted by molar-refractivity contribution is 0.669. The van der Waals surface area contributed by atoms with Gasteiger partial charge in [-0.05, 0) is 42.0 Å². The van der Waals surface area contributed by atoms with Gasteiger partial charge in [-0.2, -0.15) is 4.58 Å². The normalized spacial score (nSPS) is 17.1. The molecule has 0 saturated heterocycles. The topological polar surface area (TPSA) is 19.4 Å². The molecule has 0 spiro atoms. The van der Waals surface area contributed by atoms with Crippen LogP contribution in [0.2, 0.25) is 0 Å². The second kappa shape index (κ2) is 7.38. The summed E-state index contributed by atoms with van der Waals surface area (Å²) in [5.74, 6) is 0. The SMILES string of the molecule is C1=CC2=[N+](c3ccc4oc5ccccc5c4c3)c3ccccc3N3c4ccc5sc6ccccc6c5c4C(=C1)C23. The molecule has 1 unspecified atom stereocenters. The largest absolute Gasteiger partial charge is 0.456 e. The second-order valence-corrected chi connectivity index (χ2v) is 11.8. The Labute approximate surface area is 233 Å². The first-order chi connectivity index (χ1) is 19.8. The standard InChI is InChI=1S/C36H21N2OS/c1-5-14-30-22(8-1)25-20-21(16-18-31(25)39-30)37-26-11-3-4-12-27(26)38-28-17-19-33-35(23-9-2-6-15-32(23)40-33)34(28)24-10-7-13-29(37)36(24)38/h1-20,36H/q+1. The van der Waals surface area contributed by atoms with Gasteiger partial charge in [-0.25, -0.2) is 0 Å². The van der Waals surface area contributed by atoms with Gasteiger partial charge in [-0.3, -0.25) is 0 Å². The lowest BCUT2D eigenvalue weighted by Gasteiger charge is -2.32. The van der Waals surface area contributed by atoms with E-state index in [0.717, 1.165) is 27.6 Å². The zero-order valence-corrected chi connectivity index (χ0v) is 22.2. The maximum Gasteiger partial charge on any atom is 0.235 e.